The number of imidazole rings is 1. The minimum Gasteiger partial charge on any atom is -0.267 e. The third-order valence-electron chi connectivity index (χ3n) is 4.97. The molecule has 0 aliphatic rings. The summed E-state index contributed by atoms with van der Waals surface area (Å²) in [6.45, 7) is 0. The average Bonchev–Trinajstić information content (AvgIpc) is 3.27. The summed E-state index contributed by atoms with van der Waals surface area (Å²) in [7, 11) is 0. The predicted octanol–water partition coefficient (Wildman–Crippen LogP) is 5.32. The highest BCUT2D eigenvalue weighted by atomic mass is 32.1. The van der Waals surface area contributed by atoms with E-state index >= 15 is 0 Å². The van der Waals surface area contributed by atoms with Gasteiger partial charge in [-0.25, -0.2) is 4.98 Å². The summed E-state index contributed by atoms with van der Waals surface area (Å²) in [4.78, 5) is 18.2. The Balaban J connectivity index is 1.94. The van der Waals surface area contributed by atoms with Crippen LogP contribution in [0.2, 0.25) is 0 Å². The lowest BCUT2D eigenvalue weighted by Crippen LogP contribution is -2.13. The van der Waals surface area contributed by atoms with E-state index in [1.807, 2.05) is 54.6 Å². The van der Waals surface area contributed by atoms with Gasteiger partial charge >= 0.3 is 0 Å². The topological polar surface area (TPSA) is 34.4 Å². The maximum Gasteiger partial charge on any atom is 0.274 e. The Morgan fingerprint density at radius 2 is 1.58 bits per heavy atom. The first kappa shape index (κ1) is 14.0. The van der Waals surface area contributed by atoms with Crippen LogP contribution in [0, 0.1) is 0 Å². The van der Waals surface area contributed by atoms with E-state index in [2.05, 4.69) is 18.2 Å². The van der Waals surface area contributed by atoms with E-state index in [0.29, 0.717) is 5.82 Å². The Morgan fingerprint density at radius 3 is 2.46 bits per heavy atom. The average molecular weight is 352 g/mol. The highest BCUT2D eigenvalue weighted by Crippen LogP contribution is 2.38. The SMILES string of the molecule is O=c1c2sc3ccccc3c2c2cccc3nc(-c4ccccc4)n1c32. The molecule has 0 aliphatic carbocycles. The van der Waals surface area contributed by atoms with Crippen molar-refractivity contribution < 1.29 is 0 Å². The van der Waals surface area contributed by atoms with Crippen molar-refractivity contribution in [3.63, 3.8) is 0 Å². The van der Waals surface area contributed by atoms with E-state index in [1.54, 1.807) is 15.7 Å². The monoisotopic (exact) mass is 352 g/mol. The molecule has 3 nitrogen and oxygen atoms in total. The molecule has 0 bridgehead atoms. The zero-order valence-corrected chi connectivity index (χ0v) is 14.5. The Bertz CT molecular complexity index is 1500. The van der Waals surface area contributed by atoms with E-state index in [1.165, 1.54) is 0 Å². The maximum absolute atomic E-state index is 13.5. The summed E-state index contributed by atoms with van der Waals surface area (Å²) >= 11 is 1.56. The van der Waals surface area contributed by atoms with E-state index in [4.69, 9.17) is 4.98 Å². The third kappa shape index (κ3) is 1.67. The second kappa shape index (κ2) is 4.90. The highest BCUT2D eigenvalue weighted by molar-refractivity contribution is 7.26. The molecule has 0 spiro atoms. The summed E-state index contributed by atoms with van der Waals surface area (Å²) in [6, 6.07) is 24.2. The van der Waals surface area contributed by atoms with Gasteiger partial charge in [0.2, 0.25) is 0 Å². The lowest BCUT2D eigenvalue weighted by atomic mass is 10.1. The number of hydrogen-bond acceptors (Lipinski definition) is 3. The first-order chi connectivity index (χ1) is 12.8. The molecule has 122 valence electrons. The number of hydrogen-bond donors (Lipinski definition) is 0. The smallest absolute Gasteiger partial charge is 0.267 e. The molecule has 0 atom stereocenters. The minimum absolute atomic E-state index is 0.0150. The lowest BCUT2D eigenvalue weighted by molar-refractivity contribution is 1.13. The van der Waals surface area contributed by atoms with Gasteiger partial charge < -0.3 is 0 Å². The van der Waals surface area contributed by atoms with Crippen LogP contribution in [0.3, 0.4) is 0 Å². The van der Waals surface area contributed by atoms with Crippen molar-refractivity contribution in [3.8, 4) is 11.4 Å². The van der Waals surface area contributed by atoms with Gasteiger partial charge in [-0.2, -0.15) is 0 Å². The van der Waals surface area contributed by atoms with E-state index < -0.39 is 0 Å². The molecule has 3 aromatic carbocycles. The normalized spacial score (nSPS) is 12.0. The fraction of sp³-hybridized carbons (Fsp3) is 0. The first-order valence-electron chi connectivity index (χ1n) is 8.46. The summed E-state index contributed by atoms with van der Waals surface area (Å²) in [6.07, 6.45) is 0. The van der Waals surface area contributed by atoms with Crippen LogP contribution in [0.4, 0.5) is 0 Å². The first-order valence-corrected chi connectivity index (χ1v) is 9.28. The van der Waals surface area contributed by atoms with Gasteiger partial charge in [0.1, 0.15) is 10.5 Å². The van der Waals surface area contributed by atoms with Gasteiger partial charge in [0.25, 0.3) is 5.56 Å². The van der Waals surface area contributed by atoms with Gasteiger partial charge in [-0.05, 0) is 12.1 Å². The molecule has 0 amide bonds. The Morgan fingerprint density at radius 1 is 0.808 bits per heavy atom. The van der Waals surface area contributed by atoms with Crippen LogP contribution in [0.5, 0.6) is 0 Å². The van der Waals surface area contributed by atoms with Crippen LogP contribution in [-0.4, -0.2) is 9.38 Å². The number of thiophene rings is 1. The number of para-hydroxylation sites is 1. The molecule has 0 saturated carbocycles. The largest absolute Gasteiger partial charge is 0.274 e. The van der Waals surface area contributed by atoms with Crippen molar-refractivity contribution in [2.75, 3.05) is 0 Å². The predicted molar refractivity (Wildman–Crippen MR) is 108 cm³/mol. The molecular formula is C22H12N2OS. The van der Waals surface area contributed by atoms with Crippen molar-refractivity contribution in [2.45, 2.75) is 0 Å². The maximum atomic E-state index is 13.5. The van der Waals surface area contributed by atoms with E-state index in [-0.39, 0.29) is 5.56 Å². The molecule has 3 heterocycles. The second-order valence-corrected chi connectivity index (χ2v) is 7.47. The van der Waals surface area contributed by atoms with Crippen LogP contribution < -0.4 is 5.56 Å². The van der Waals surface area contributed by atoms with Crippen molar-refractivity contribution >= 4 is 47.9 Å². The molecule has 0 aliphatic heterocycles. The van der Waals surface area contributed by atoms with Gasteiger partial charge in [-0.1, -0.05) is 60.7 Å². The minimum atomic E-state index is 0.0150. The number of benzene rings is 3. The van der Waals surface area contributed by atoms with E-state index in [0.717, 1.165) is 42.2 Å². The molecule has 0 unspecified atom stereocenters. The van der Waals surface area contributed by atoms with Gasteiger partial charge in [-0.3, -0.25) is 9.20 Å². The zero-order valence-electron chi connectivity index (χ0n) is 13.6. The zero-order chi connectivity index (χ0) is 17.3. The standard InChI is InChI=1S/C22H12N2OS/c25-22-20-18(14-9-4-5-12-17(14)26-20)15-10-6-11-16-19(15)24(22)21(23-16)13-7-2-1-3-8-13/h1-12H. The number of nitrogens with zero attached hydrogens (tertiary/aromatic N) is 2. The molecule has 3 aromatic heterocycles. The van der Waals surface area contributed by atoms with Gasteiger partial charge in [0, 0.05) is 26.4 Å². The fourth-order valence-electron chi connectivity index (χ4n) is 3.87. The Hall–Kier alpha value is -3.24. The molecule has 6 aromatic rings. The number of pyridine rings is 1. The van der Waals surface area contributed by atoms with Crippen LogP contribution in [0.25, 0.3) is 48.0 Å². The van der Waals surface area contributed by atoms with Gasteiger partial charge in [0.15, 0.2) is 0 Å². The summed E-state index contributed by atoms with van der Waals surface area (Å²) in [5.41, 5.74) is 2.73. The Labute approximate surface area is 152 Å². The van der Waals surface area contributed by atoms with Crippen molar-refractivity contribution in [1.82, 2.24) is 9.38 Å². The quantitative estimate of drug-likeness (QED) is 0.401. The summed E-state index contributed by atoms with van der Waals surface area (Å²) in [5.74, 6) is 0.709. The van der Waals surface area contributed by atoms with Crippen LogP contribution in [0.1, 0.15) is 0 Å². The molecule has 6 rings (SSSR count). The van der Waals surface area contributed by atoms with Crippen LogP contribution in [0.15, 0.2) is 77.6 Å². The third-order valence-corrected chi connectivity index (χ3v) is 6.13. The fourth-order valence-corrected chi connectivity index (χ4v) is 5.02. The molecule has 0 fully saturated rings. The van der Waals surface area contributed by atoms with Gasteiger partial charge in [-0.15, -0.1) is 11.3 Å². The molecular weight excluding hydrogens is 340 g/mol. The molecule has 0 N–H and O–H groups in total. The van der Waals surface area contributed by atoms with Crippen LogP contribution >= 0.6 is 11.3 Å². The van der Waals surface area contributed by atoms with Crippen LogP contribution in [-0.2, 0) is 0 Å². The molecule has 26 heavy (non-hydrogen) atoms. The molecule has 4 heteroatoms. The lowest BCUT2D eigenvalue weighted by Gasteiger charge is -2.04. The van der Waals surface area contributed by atoms with Crippen molar-refractivity contribution in [3.05, 3.63) is 83.2 Å². The molecule has 0 saturated heterocycles. The number of fused-ring (bicyclic) bond motifs is 4. The second-order valence-electron chi connectivity index (χ2n) is 6.42. The number of aromatic nitrogens is 2. The highest BCUT2D eigenvalue weighted by Gasteiger charge is 2.20. The molecule has 0 radical (unpaired) electrons. The Kier molecular flexibility index (Phi) is 2.63. The number of rotatable bonds is 1. The van der Waals surface area contributed by atoms with E-state index in [9.17, 15) is 4.79 Å². The van der Waals surface area contributed by atoms with Gasteiger partial charge in [0.05, 0.1) is 11.0 Å². The summed E-state index contributed by atoms with van der Waals surface area (Å²) < 4.78 is 3.72. The van der Waals surface area contributed by atoms with Crippen molar-refractivity contribution in [2.24, 2.45) is 0 Å². The summed E-state index contributed by atoms with van der Waals surface area (Å²) in [5, 5.41) is 3.28. The van der Waals surface area contributed by atoms with Crippen molar-refractivity contribution in [1.29, 1.82) is 0 Å².